The molecule has 1 fully saturated rings. The average molecular weight is 313 g/mol. The van der Waals surface area contributed by atoms with E-state index in [4.69, 9.17) is 5.73 Å². The molecule has 0 heterocycles. The van der Waals surface area contributed by atoms with Crippen molar-refractivity contribution in [1.29, 1.82) is 0 Å². The van der Waals surface area contributed by atoms with Crippen molar-refractivity contribution in [2.24, 2.45) is 0 Å². The van der Waals surface area contributed by atoms with Crippen LogP contribution in [0.3, 0.4) is 0 Å². The van der Waals surface area contributed by atoms with Gasteiger partial charge in [0, 0.05) is 21.8 Å². The minimum absolute atomic E-state index is 0.0860. The lowest BCUT2D eigenvalue weighted by atomic mass is 9.93. The summed E-state index contributed by atoms with van der Waals surface area (Å²) in [6, 6.07) is 5.32. The van der Waals surface area contributed by atoms with Gasteiger partial charge in [-0.05, 0) is 59.8 Å². The lowest BCUT2D eigenvalue weighted by Gasteiger charge is -2.26. The summed E-state index contributed by atoms with van der Waals surface area (Å²) in [7, 11) is 0. The third-order valence-corrected chi connectivity index (χ3v) is 3.98. The van der Waals surface area contributed by atoms with Crippen molar-refractivity contribution in [3.05, 3.63) is 28.2 Å². The van der Waals surface area contributed by atoms with Gasteiger partial charge in [0.05, 0.1) is 6.10 Å². The maximum absolute atomic E-state index is 12.0. The molecule has 1 saturated carbocycles. The molecule has 1 aromatic carbocycles. The zero-order valence-electron chi connectivity index (χ0n) is 10.0. The number of nitrogens with one attached hydrogen (secondary N) is 1. The maximum Gasteiger partial charge on any atom is 0.251 e. The molecule has 0 unspecified atom stereocenters. The van der Waals surface area contributed by atoms with Crippen LogP contribution < -0.4 is 11.1 Å². The van der Waals surface area contributed by atoms with E-state index in [0.717, 1.165) is 30.2 Å². The van der Waals surface area contributed by atoms with E-state index in [1.54, 1.807) is 18.2 Å². The molecule has 0 aromatic heterocycles. The first-order chi connectivity index (χ1) is 8.56. The second-order valence-electron chi connectivity index (χ2n) is 4.72. The highest BCUT2D eigenvalue weighted by Crippen LogP contribution is 2.22. The summed E-state index contributed by atoms with van der Waals surface area (Å²) in [5, 5.41) is 12.4. The van der Waals surface area contributed by atoms with Gasteiger partial charge in [-0.25, -0.2) is 0 Å². The van der Waals surface area contributed by atoms with Crippen molar-refractivity contribution in [1.82, 2.24) is 5.32 Å². The molecule has 1 amide bonds. The van der Waals surface area contributed by atoms with E-state index in [2.05, 4.69) is 21.2 Å². The first-order valence-electron chi connectivity index (χ1n) is 6.10. The van der Waals surface area contributed by atoms with Gasteiger partial charge in [0.15, 0.2) is 0 Å². The van der Waals surface area contributed by atoms with Gasteiger partial charge in [-0.2, -0.15) is 0 Å². The molecule has 0 saturated heterocycles. The number of nitrogens with two attached hydrogens (primary N) is 1. The van der Waals surface area contributed by atoms with Crippen LogP contribution in [0.15, 0.2) is 22.7 Å². The zero-order valence-corrected chi connectivity index (χ0v) is 11.6. The molecule has 0 atom stereocenters. The van der Waals surface area contributed by atoms with Crippen molar-refractivity contribution in [3.63, 3.8) is 0 Å². The van der Waals surface area contributed by atoms with Gasteiger partial charge in [0.25, 0.3) is 5.91 Å². The number of amides is 1. The van der Waals surface area contributed by atoms with E-state index in [9.17, 15) is 9.90 Å². The lowest BCUT2D eigenvalue weighted by molar-refractivity contribution is 0.0867. The van der Waals surface area contributed by atoms with E-state index < -0.39 is 0 Å². The van der Waals surface area contributed by atoms with Crippen molar-refractivity contribution in [2.45, 2.75) is 37.8 Å². The van der Waals surface area contributed by atoms with Gasteiger partial charge in [0.1, 0.15) is 0 Å². The molecule has 0 radical (unpaired) electrons. The number of hydrogen-bond acceptors (Lipinski definition) is 3. The summed E-state index contributed by atoms with van der Waals surface area (Å²) in [5.41, 5.74) is 6.90. The Bertz CT molecular complexity index is 443. The molecule has 4 nitrogen and oxygen atoms in total. The molecule has 0 bridgehead atoms. The highest BCUT2D eigenvalue weighted by molar-refractivity contribution is 9.10. The number of hydrogen-bond donors (Lipinski definition) is 3. The molecule has 2 rings (SSSR count). The quantitative estimate of drug-likeness (QED) is 0.732. The molecule has 18 heavy (non-hydrogen) atoms. The minimum Gasteiger partial charge on any atom is -0.398 e. The predicted octanol–water partition coefficient (Wildman–Crippen LogP) is 2.06. The molecular formula is C13H17BrN2O2. The van der Waals surface area contributed by atoms with Crippen molar-refractivity contribution in [2.75, 3.05) is 5.73 Å². The fraction of sp³-hybridized carbons (Fsp3) is 0.462. The number of anilines is 1. The van der Waals surface area contributed by atoms with Crippen molar-refractivity contribution < 1.29 is 9.90 Å². The van der Waals surface area contributed by atoms with Gasteiger partial charge in [0.2, 0.25) is 0 Å². The maximum atomic E-state index is 12.0. The van der Waals surface area contributed by atoms with E-state index in [1.807, 2.05) is 0 Å². The van der Waals surface area contributed by atoms with Gasteiger partial charge < -0.3 is 16.2 Å². The second-order valence-corrected chi connectivity index (χ2v) is 5.57. The van der Waals surface area contributed by atoms with Gasteiger partial charge in [-0.15, -0.1) is 0 Å². The summed E-state index contributed by atoms with van der Waals surface area (Å²) in [6.45, 7) is 0. The number of carbonyl (C=O) groups is 1. The number of nitrogen functional groups attached to an aromatic ring is 1. The van der Waals surface area contributed by atoms with E-state index in [1.165, 1.54) is 0 Å². The van der Waals surface area contributed by atoms with Crippen LogP contribution in [0.4, 0.5) is 5.69 Å². The van der Waals surface area contributed by atoms with Crippen LogP contribution in [0.5, 0.6) is 0 Å². The summed E-state index contributed by atoms with van der Waals surface area (Å²) in [4.78, 5) is 12.0. The van der Waals surface area contributed by atoms with Crippen LogP contribution in [0.1, 0.15) is 36.0 Å². The van der Waals surface area contributed by atoms with E-state index in [0.29, 0.717) is 11.3 Å². The Labute approximate surface area is 115 Å². The van der Waals surface area contributed by atoms with Crippen LogP contribution in [-0.2, 0) is 0 Å². The fourth-order valence-corrected chi connectivity index (χ4v) is 2.54. The average Bonchev–Trinajstić information content (AvgIpc) is 2.35. The summed E-state index contributed by atoms with van der Waals surface area (Å²) >= 11 is 3.31. The molecule has 1 aliphatic rings. The van der Waals surface area contributed by atoms with Crippen molar-refractivity contribution in [3.8, 4) is 0 Å². The van der Waals surface area contributed by atoms with E-state index >= 15 is 0 Å². The van der Waals surface area contributed by atoms with Crippen LogP contribution in [0, 0.1) is 0 Å². The van der Waals surface area contributed by atoms with Crippen LogP contribution >= 0.6 is 15.9 Å². The number of rotatable bonds is 2. The van der Waals surface area contributed by atoms with Crippen LogP contribution in [-0.4, -0.2) is 23.2 Å². The highest BCUT2D eigenvalue weighted by atomic mass is 79.9. The normalized spacial score (nSPS) is 23.7. The monoisotopic (exact) mass is 312 g/mol. The minimum atomic E-state index is -0.205. The number of benzene rings is 1. The lowest BCUT2D eigenvalue weighted by Crippen LogP contribution is -2.38. The fourth-order valence-electron chi connectivity index (χ4n) is 2.16. The number of carbonyl (C=O) groups excluding carboxylic acids is 1. The summed E-state index contributed by atoms with van der Waals surface area (Å²) in [5.74, 6) is -0.0860. The number of aliphatic hydroxyl groups excluding tert-OH is 1. The first-order valence-corrected chi connectivity index (χ1v) is 6.89. The Morgan fingerprint density at radius 3 is 2.61 bits per heavy atom. The molecule has 98 valence electrons. The predicted molar refractivity (Wildman–Crippen MR) is 74.3 cm³/mol. The highest BCUT2D eigenvalue weighted by Gasteiger charge is 2.21. The topological polar surface area (TPSA) is 75.4 Å². The first kappa shape index (κ1) is 13.4. The van der Waals surface area contributed by atoms with Crippen molar-refractivity contribution >= 4 is 27.5 Å². The standard InChI is InChI=1S/C13H17BrN2O2/c14-11-7-8(1-6-12(11)15)13(18)16-9-2-4-10(17)5-3-9/h1,6-7,9-10,17H,2-5,15H2,(H,16,18). The Balaban J connectivity index is 1.97. The molecular weight excluding hydrogens is 296 g/mol. The SMILES string of the molecule is Nc1ccc(C(=O)NC2CCC(O)CC2)cc1Br. The number of halogens is 1. The zero-order chi connectivity index (χ0) is 13.1. The van der Waals surface area contributed by atoms with E-state index in [-0.39, 0.29) is 18.1 Å². The Kier molecular flexibility index (Phi) is 4.24. The Morgan fingerprint density at radius 2 is 2.00 bits per heavy atom. The molecule has 0 aliphatic heterocycles. The van der Waals surface area contributed by atoms with Gasteiger partial charge in [-0.1, -0.05) is 0 Å². The molecule has 5 heteroatoms. The number of aliphatic hydroxyl groups is 1. The Morgan fingerprint density at radius 1 is 1.33 bits per heavy atom. The summed E-state index contributed by atoms with van der Waals surface area (Å²) in [6.07, 6.45) is 2.99. The van der Waals surface area contributed by atoms with Crippen LogP contribution in [0.25, 0.3) is 0 Å². The van der Waals surface area contributed by atoms with Gasteiger partial charge >= 0.3 is 0 Å². The second kappa shape index (κ2) is 5.71. The molecule has 1 aromatic rings. The third-order valence-electron chi connectivity index (χ3n) is 3.29. The van der Waals surface area contributed by atoms with Crippen LogP contribution in [0.2, 0.25) is 0 Å². The van der Waals surface area contributed by atoms with Gasteiger partial charge in [-0.3, -0.25) is 4.79 Å². The molecule has 0 spiro atoms. The molecule has 1 aliphatic carbocycles. The summed E-state index contributed by atoms with van der Waals surface area (Å²) < 4.78 is 0.731. The Hall–Kier alpha value is -1.07. The smallest absolute Gasteiger partial charge is 0.251 e. The largest absolute Gasteiger partial charge is 0.398 e. The third kappa shape index (κ3) is 3.23. The molecule has 4 N–H and O–H groups in total.